The minimum atomic E-state index is -0.825. The van der Waals surface area contributed by atoms with E-state index >= 15 is 0 Å². The summed E-state index contributed by atoms with van der Waals surface area (Å²) < 4.78 is 25.7. The van der Waals surface area contributed by atoms with Crippen molar-refractivity contribution in [2.24, 2.45) is 11.8 Å². The highest BCUT2D eigenvalue weighted by Crippen LogP contribution is 2.27. The summed E-state index contributed by atoms with van der Waals surface area (Å²) in [4.78, 5) is 0. The van der Waals surface area contributed by atoms with Crippen LogP contribution >= 0.6 is 0 Å². The molecule has 2 heteroatoms. The number of rotatable bonds is 0. The lowest BCUT2D eigenvalue weighted by molar-refractivity contribution is 0.337. The van der Waals surface area contributed by atoms with Gasteiger partial charge in [0, 0.05) is 11.5 Å². The lowest BCUT2D eigenvalue weighted by Crippen LogP contribution is -2.10. The highest BCUT2D eigenvalue weighted by Gasteiger charge is 2.15. The Balaban J connectivity index is 2.03. The van der Waals surface area contributed by atoms with Crippen molar-refractivity contribution in [1.82, 2.24) is 0 Å². The first-order chi connectivity index (χ1) is 8.15. The fraction of sp³-hybridized carbons (Fsp3) is 0.467. The summed E-state index contributed by atoms with van der Waals surface area (Å²) in [6.45, 7) is 2.26. The molecule has 1 aliphatic carbocycles. The molecular weight excluding hydrogens is 218 g/mol. The molecular formula is C15H16F2. The van der Waals surface area contributed by atoms with Crippen molar-refractivity contribution in [3.63, 3.8) is 0 Å². The molecule has 0 amide bonds. The van der Waals surface area contributed by atoms with E-state index in [1.807, 2.05) is 0 Å². The number of halogens is 2. The van der Waals surface area contributed by atoms with Crippen LogP contribution in [-0.2, 0) is 0 Å². The molecule has 1 saturated carbocycles. The minimum absolute atomic E-state index is 0.416. The maximum atomic E-state index is 13.0. The van der Waals surface area contributed by atoms with Crippen molar-refractivity contribution < 1.29 is 8.78 Å². The molecule has 0 saturated heterocycles. The Hall–Kier alpha value is -1.36. The van der Waals surface area contributed by atoms with Gasteiger partial charge in [-0.2, -0.15) is 0 Å². The average Bonchev–Trinajstić information content (AvgIpc) is 2.33. The summed E-state index contributed by atoms with van der Waals surface area (Å²) in [5, 5.41) is 0. The predicted octanol–water partition coefficient (Wildman–Crippen LogP) is 4.14. The average molecular weight is 234 g/mol. The first-order valence-corrected chi connectivity index (χ1v) is 6.12. The maximum Gasteiger partial charge on any atom is 0.160 e. The van der Waals surface area contributed by atoms with Crippen molar-refractivity contribution in [3.05, 3.63) is 35.4 Å². The summed E-state index contributed by atoms with van der Waals surface area (Å²) in [6.07, 6.45) is 4.68. The van der Waals surface area contributed by atoms with Crippen molar-refractivity contribution >= 4 is 0 Å². The summed E-state index contributed by atoms with van der Waals surface area (Å²) in [5.41, 5.74) is 0.558. The second-order valence-corrected chi connectivity index (χ2v) is 4.86. The lowest BCUT2D eigenvalue weighted by atomic mass is 9.83. The number of hydrogen-bond acceptors (Lipinski definition) is 0. The summed E-state index contributed by atoms with van der Waals surface area (Å²) in [7, 11) is 0. The molecule has 0 aromatic heterocycles. The fourth-order valence-corrected chi connectivity index (χ4v) is 2.16. The molecule has 0 atom stereocenters. The Morgan fingerprint density at radius 2 is 1.76 bits per heavy atom. The third-order valence-electron chi connectivity index (χ3n) is 3.36. The maximum absolute atomic E-state index is 13.0. The zero-order valence-corrected chi connectivity index (χ0v) is 9.97. The molecule has 17 heavy (non-hydrogen) atoms. The first-order valence-electron chi connectivity index (χ1n) is 6.12. The van der Waals surface area contributed by atoms with Crippen molar-refractivity contribution in [3.8, 4) is 11.8 Å². The third kappa shape index (κ3) is 3.30. The predicted molar refractivity (Wildman–Crippen MR) is 64.4 cm³/mol. The zero-order chi connectivity index (χ0) is 12.3. The third-order valence-corrected chi connectivity index (χ3v) is 3.36. The molecule has 2 rings (SSSR count). The summed E-state index contributed by atoms with van der Waals surface area (Å²) in [5.74, 6) is 5.68. The lowest BCUT2D eigenvalue weighted by Gasteiger charge is -2.21. The molecule has 1 aromatic rings. The van der Waals surface area contributed by atoms with Crippen LogP contribution in [0.1, 0.15) is 38.2 Å². The molecule has 0 radical (unpaired) electrons. The fourth-order valence-electron chi connectivity index (χ4n) is 2.16. The van der Waals surface area contributed by atoms with Gasteiger partial charge in [0.15, 0.2) is 11.6 Å². The van der Waals surface area contributed by atoms with E-state index in [-0.39, 0.29) is 0 Å². The van der Waals surface area contributed by atoms with E-state index in [1.165, 1.54) is 18.9 Å². The largest absolute Gasteiger partial charge is 0.204 e. The first kappa shape index (κ1) is 12.1. The van der Waals surface area contributed by atoms with Crippen LogP contribution in [0.3, 0.4) is 0 Å². The van der Waals surface area contributed by atoms with Crippen LogP contribution in [-0.4, -0.2) is 0 Å². The molecule has 1 aliphatic rings. The second-order valence-electron chi connectivity index (χ2n) is 4.86. The molecule has 0 unspecified atom stereocenters. The van der Waals surface area contributed by atoms with Crippen LogP contribution < -0.4 is 0 Å². The van der Waals surface area contributed by atoms with Crippen LogP contribution in [0.2, 0.25) is 0 Å². The van der Waals surface area contributed by atoms with Crippen LogP contribution in [0.4, 0.5) is 8.78 Å². The molecule has 0 heterocycles. The molecule has 0 N–H and O–H groups in total. The standard InChI is InChI=1S/C15H16F2/c1-11-2-4-12(5-3-11)6-7-13-8-9-14(16)15(17)10-13/h8-12H,2-5H2,1H3. The highest BCUT2D eigenvalue weighted by atomic mass is 19.2. The van der Waals surface area contributed by atoms with Gasteiger partial charge in [-0.05, 0) is 49.8 Å². The van der Waals surface area contributed by atoms with Crippen LogP contribution in [0, 0.1) is 35.3 Å². The molecule has 0 bridgehead atoms. The van der Waals surface area contributed by atoms with E-state index in [0.29, 0.717) is 11.5 Å². The Kier molecular flexibility index (Phi) is 3.78. The van der Waals surface area contributed by atoms with Crippen LogP contribution in [0.25, 0.3) is 0 Å². The van der Waals surface area contributed by atoms with E-state index < -0.39 is 11.6 Å². The molecule has 1 fully saturated rings. The Labute approximate surface area is 101 Å². The number of hydrogen-bond donors (Lipinski definition) is 0. The number of benzene rings is 1. The molecule has 0 aliphatic heterocycles. The quantitative estimate of drug-likeness (QED) is 0.592. The zero-order valence-electron chi connectivity index (χ0n) is 9.97. The normalized spacial score (nSPS) is 23.9. The van der Waals surface area contributed by atoms with Crippen molar-refractivity contribution in [2.45, 2.75) is 32.6 Å². The topological polar surface area (TPSA) is 0 Å². The van der Waals surface area contributed by atoms with Crippen LogP contribution in [0.5, 0.6) is 0 Å². The monoisotopic (exact) mass is 234 g/mol. The van der Waals surface area contributed by atoms with Gasteiger partial charge in [0.1, 0.15) is 0 Å². The molecule has 0 nitrogen and oxygen atoms in total. The SMILES string of the molecule is CC1CCC(C#Cc2ccc(F)c(F)c2)CC1. The minimum Gasteiger partial charge on any atom is -0.204 e. The van der Waals surface area contributed by atoms with Gasteiger partial charge in [0.25, 0.3) is 0 Å². The van der Waals surface area contributed by atoms with Gasteiger partial charge >= 0.3 is 0 Å². The Morgan fingerprint density at radius 3 is 2.41 bits per heavy atom. The van der Waals surface area contributed by atoms with Gasteiger partial charge in [0.05, 0.1) is 0 Å². The van der Waals surface area contributed by atoms with Gasteiger partial charge in [-0.3, -0.25) is 0 Å². The molecule has 0 spiro atoms. The van der Waals surface area contributed by atoms with Crippen molar-refractivity contribution in [1.29, 1.82) is 0 Å². The second kappa shape index (κ2) is 5.31. The van der Waals surface area contributed by atoms with Gasteiger partial charge < -0.3 is 0 Å². The Bertz CT molecular complexity index is 446. The highest BCUT2D eigenvalue weighted by molar-refractivity contribution is 5.35. The van der Waals surface area contributed by atoms with E-state index in [9.17, 15) is 8.78 Å². The summed E-state index contributed by atoms with van der Waals surface area (Å²) in [6, 6.07) is 3.81. The van der Waals surface area contributed by atoms with Gasteiger partial charge in [-0.15, -0.1) is 0 Å². The molecule has 90 valence electrons. The van der Waals surface area contributed by atoms with Crippen molar-refractivity contribution in [2.75, 3.05) is 0 Å². The van der Waals surface area contributed by atoms with E-state index in [1.54, 1.807) is 0 Å². The van der Waals surface area contributed by atoms with E-state index in [0.717, 1.165) is 30.9 Å². The summed E-state index contributed by atoms with van der Waals surface area (Å²) >= 11 is 0. The van der Waals surface area contributed by atoms with Crippen LogP contribution in [0.15, 0.2) is 18.2 Å². The molecule has 1 aromatic carbocycles. The van der Waals surface area contributed by atoms with E-state index in [2.05, 4.69) is 18.8 Å². The van der Waals surface area contributed by atoms with E-state index in [4.69, 9.17) is 0 Å². The van der Waals surface area contributed by atoms with Gasteiger partial charge in [0.2, 0.25) is 0 Å². The smallest absolute Gasteiger partial charge is 0.160 e. The van der Waals surface area contributed by atoms with Gasteiger partial charge in [-0.25, -0.2) is 8.78 Å². The van der Waals surface area contributed by atoms with Gasteiger partial charge in [-0.1, -0.05) is 18.8 Å². The Morgan fingerprint density at radius 1 is 1.06 bits per heavy atom.